The van der Waals surface area contributed by atoms with Crippen LogP contribution in [0.1, 0.15) is 16.8 Å². The Kier molecular flexibility index (Phi) is 5.59. The van der Waals surface area contributed by atoms with E-state index >= 15 is 0 Å². The first-order chi connectivity index (χ1) is 12.5. The first-order valence-corrected chi connectivity index (χ1v) is 8.86. The maximum Gasteiger partial charge on any atom is 0.254 e. The van der Waals surface area contributed by atoms with Gasteiger partial charge in [-0.25, -0.2) is 0 Å². The van der Waals surface area contributed by atoms with Crippen LogP contribution in [0.5, 0.6) is 5.75 Å². The number of ether oxygens (including phenoxy) is 1. The molecule has 138 valence electrons. The minimum absolute atomic E-state index is 0.00828. The molecule has 1 aliphatic rings. The van der Waals surface area contributed by atoms with E-state index in [1.807, 2.05) is 62.6 Å². The van der Waals surface area contributed by atoms with Gasteiger partial charge in [0.2, 0.25) is 0 Å². The van der Waals surface area contributed by atoms with Gasteiger partial charge in [-0.2, -0.15) is 0 Å². The molecule has 0 spiro atoms. The lowest BCUT2D eigenvalue weighted by molar-refractivity contribution is 0.0673. The summed E-state index contributed by atoms with van der Waals surface area (Å²) >= 11 is 0. The summed E-state index contributed by atoms with van der Waals surface area (Å²) in [5.74, 6) is 0.756. The number of amides is 1. The fraction of sp³-hybridized carbons (Fsp3) is 0.381. The number of rotatable bonds is 5. The predicted octanol–water partition coefficient (Wildman–Crippen LogP) is 2.50. The average molecular weight is 354 g/mol. The van der Waals surface area contributed by atoms with Crippen LogP contribution in [-0.2, 0) is 0 Å². The Hall–Kier alpha value is -2.37. The molecule has 1 saturated heterocycles. The van der Waals surface area contributed by atoms with E-state index in [1.165, 1.54) is 0 Å². The van der Waals surface area contributed by atoms with Crippen molar-refractivity contribution in [2.75, 3.05) is 34.4 Å². The number of benzene rings is 2. The van der Waals surface area contributed by atoms with Gasteiger partial charge in [0.05, 0.1) is 19.8 Å². The highest BCUT2D eigenvalue weighted by molar-refractivity contribution is 5.96. The molecule has 0 bridgehead atoms. The third-order valence-electron chi connectivity index (χ3n) is 5.11. The molecular weight excluding hydrogens is 328 g/mol. The smallest absolute Gasteiger partial charge is 0.254 e. The molecule has 2 atom stereocenters. The second-order valence-corrected chi connectivity index (χ2v) is 6.96. The van der Waals surface area contributed by atoms with Crippen LogP contribution in [0.4, 0.5) is 0 Å². The molecule has 0 aliphatic carbocycles. The third kappa shape index (κ3) is 3.74. The second-order valence-electron chi connectivity index (χ2n) is 6.96. The Morgan fingerprint density at radius 1 is 1.19 bits per heavy atom. The van der Waals surface area contributed by atoms with Crippen LogP contribution in [0, 0.1) is 0 Å². The zero-order chi connectivity index (χ0) is 18.7. The molecule has 1 amide bonds. The summed E-state index contributed by atoms with van der Waals surface area (Å²) in [6.45, 7) is 0.631. The Bertz CT molecular complexity index is 775. The molecule has 1 aliphatic heterocycles. The second kappa shape index (κ2) is 7.89. The van der Waals surface area contributed by atoms with Gasteiger partial charge in [-0.1, -0.05) is 24.3 Å². The van der Waals surface area contributed by atoms with Crippen molar-refractivity contribution in [2.45, 2.75) is 18.5 Å². The number of nitrogens with zero attached hydrogens (tertiary/aromatic N) is 2. The third-order valence-corrected chi connectivity index (χ3v) is 5.11. The molecule has 1 N–H and O–H groups in total. The van der Waals surface area contributed by atoms with Gasteiger partial charge in [-0.15, -0.1) is 0 Å². The summed E-state index contributed by atoms with van der Waals surface area (Å²) in [5.41, 5.74) is 2.62. The number of hydrogen-bond donors (Lipinski definition) is 1. The molecule has 0 aromatic heterocycles. The van der Waals surface area contributed by atoms with Crippen molar-refractivity contribution >= 4 is 5.91 Å². The largest absolute Gasteiger partial charge is 0.497 e. The molecular formula is C21H26N2O3. The number of hydrogen-bond acceptors (Lipinski definition) is 4. The molecule has 0 radical (unpaired) electrons. The number of aliphatic hydroxyl groups excluding tert-OH is 1. The minimum atomic E-state index is -0.129. The molecule has 0 unspecified atom stereocenters. The van der Waals surface area contributed by atoms with Crippen molar-refractivity contribution < 1.29 is 14.6 Å². The van der Waals surface area contributed by atoms with Gasteiger partial charge < -0.3 is 19.6 Å². The molecule has 5 heteroatoms. The Morgan fingerprint density at radius 3 is 2.54 bits per heavy atom. The lowest BCUT2D eigenvalue weighted by Crippen LogP contribution is -2.38. The number of likely N-dealkylation sites (tertiary alicyclic amines) is 1. The van der Waals surface area contributed by atoms with Gasteiger partial charge in [-0.3, -0.25) is 4.79 Å². The molecule has 1 heterocycles. The zero-order valence-corrected chi connectivity index (χ0v) is 15.6. The van der Waals surface area contributed by atoms with E-state index in [0.717, 1.165) is 23.3 Å². The fourth-order valence-corrected chi connectivity index (χ4v) is 3.49. The molecule has 3 rings (SSSR count). The van der Waals surface area contributed by atoms with Crippen LogP contribution in [0.15, 0.2) is 48.5 Å². The van der Waals surface area contributed by atoms with E-state index in [9.17, 15) is 9.90 Å². The summed E-state index contributed by atoms with van der Waals surface area (Å²) < 4.78 is 5.29. The summed E-state index contributed by atoms with van der Waals surface area (Å²) in [6.07, 6.45) is 0.796. The molecule has 2 aromatic carbocycles. The summed E-state index contributed by atoms with van der Waals surface area (Å²) in [6, 6.07) is 15.6. The van der Waals surface area contributed by atoms with E-state index in [4.69, 9.17) is 4.74 Å². The van der Waals surface area contributed by atoms with E-state index in [-0.39, 0.29) is 24.6 Å². The van der Waals surface area contributed by atoms with Gasteiger partial charge in [0.1, 0.15) is 5.75 Å². The maximum absolute atomic E-state index is 13.1. The minimum Gasteiger partial charge on any atom is -0.497 e. The highest BCUT2D eigenvalue weighted by atomic mass is 16.5. The quantitative estimate of drug-likeness (QED) is 0.896. The first kappa shape index (κ1) is 18.4. The molecule has 5 nitrogen and oxygen atoms in total. The Labute approximate surface area is 154 Å². The van der Waals surface area contributed by atoms with Crippen LogP contribution >= 0.6 is 0 Å². The monoisotopic (exact) mass is 354 g/mol. The lowest BCUT2D eigenvalue weighted by atomic mass is 10.0. The van der Waals surface area contributed by atoms with E-state index in [0.29, 0.717) is 12.1 Å². The van der Waals surface area contributed by atoms with Crippen LogP contribution in [0.3, 0.4) is 0 Å². The van der Waals surface area contributed by atoms with Crippen LogP contribution in [0.2, 0.25) is 0 Å². The Balaban J connectivity index is 1.86. The highest BCUT2D eigenvalue weighted by Gasteiger charge is 2.36. The lowest BCUT2D eigenvalue weighted by Gasteiger charge is -2.23. The van der Waals surface area contributed by atoms with Gasteiger partial charge >= 0.3 is 0 Å². The van der Waals surface area contributed by atoms with E-state index in [2.05, 4.69) is 4.90 Å². The Morgan fingerprint density at radius 2 is 1.88 bits per heavy atom. The predicted molar refractivity (Wildman–Crippen MR) is 102 cm³/mol. The summed E-state index contributed by atoms with van der Waals surface area (Å²) in [4.78, 5) is 17.0. The van der Waals surface area contributed by atoms with Crippen LogP contribution in [-0.4, -0.2) is 67.3 Å². The molecule has 1 fully saturated rings. The van der Waals surface area contributed by atoms with E-state index in [1.54, 1.807) is 12.0 Å². The highest BCUT2D eigenvalue weighted by Crippen LogP contribution is 2.27. The van der Waals surface area contributed by atoms with Crippen molar-refractivity contribution in [1.29, 1.82) is 0 Å². The fourth-order valence-electron chi connectivity index (χ4n) is 3.49. The van der Waals surface area contributed by atoms with Gasteiger partial charge in [0.15, 0.2) is 0 Å². The van der Waals surface area contributed by atoms with Crippen LogP contribution in [0.25, 0.3) is 11.1 Å². The topological polar surface area (TPSA) is 53.0 Å². The molecule has 26 heavy (non-hydrogen) atoms. The van der Waals surface area contributed by atoms with Crippen LogP contribution < -0.4 is 4.74 Å². The van der Waals surface area contributed by atoms with E-state index < -0.39 is 0 Å². The average Bonchev–Trinajstić information content (AvgIpc) is 3.12. The van der Waals surface area contributed by atoms with Crippen molar-refractivity contribution in [1.82, 2.24) is 9.80 Å². The summed E-state index contributed by atoms with van der Waals surface area (Å²) in [5, 5.41) is 9.70. The SMILES string of the molecule is COc1cccc(-c2cccc(C(=O)N3C[C@H](N(C)C)C[C@H]3CO)c2)c1. The number of aliphatic hydroxyl groups is 1. The van der Waals surface area contributed by atoms with Crippen molar-refractivity contribution in [3.8, 4) is 16.9 Å². The standard InChI is InChI=1S/C21H26N2O3/c1-22(2)18-12-19(14-24)23(13-18)21(25)17-8-4-6-15(10-17)16-7-5-9-20(11-16)26-3/h4-11,18-19,24H,12-14H2,1-3H3/t18-,19+/m1/s1. The van der Waals surface area contributed by atoms with Crippen molar-refractivity contribution in [2.24, 2.45) is 0 Å². The normalized spacial score (nSPS) is 19.8. The van der Waals surface area contributed by atoms with Gasteiger partial charge in [-0.05, 0) is 55.9 Å². The maximum atomic E-state index is 13.1. The number of likely N-dealkylation sites (N-methyl/N-ethyl adjacent to an activating group) is 1. The molecule has 0 saturated carbocycles. The number of methoxy groups -OCH3 is 1. The number of carbonyl (C=O) groups is 1. The first-order valence-electron chi connectivity index (χ1n) is 8.86. The molecule has 2 aromatic rings. The van der Waals surface area contributed by atoms with Crippen molar-refractivity contribution in [3.63, 3.8) is 0 Å². The summed E-state index contributed by atoms with van der Waals surface area (Å²) in [7, 11) is 5.66. The van der Waals surface area contributed by atoms with Gasteiger partial charge in [0.25, 0.3) is 5.91 Å². The van der Waals surface area contributed by atoms with Gasteiger partial charge in [0, 0.05) is 18.2 Å². The number of carbonyl (C=O) groups excluding carboxylic acids is 1. The zero-order valence-electron chi connectivity index (χ0n) is 15.6. The van der Waals surface area contributed by atoms with Crippen molar-refractivity contribution in [3.05, 3.63) is 54.1 Å².